The summed E-state index contributed by atoms with van der Waals surface area (Å²) < 4.78 is 0.0313. The molecule has 0 bridgehead atoms. The van der Waals surface area contributed by atoms with Crippen LogP contribution in [0.3, 0.4) is 0 Å². The van der Waals surface area contributed by atoms with Crippen molar-refractivity contribution in [2.24, 2.45) is 11.8 Å². The first kappa shape index (κ1) is 6.48. The summed E-state index contributed by atoms with van der Waals surface area (Å²) in [7, 11) is 0. The van der Waals surface area contributed by atoms with E-state index in [-0.39, 0.29) is 3.78 Å². The van der Waals surface area contributed by atoms with Crippen LogP contribution in [0, 0.1) is 11.8 Å². The van der Waals surface area contributed by atoms with E-state index >= 15 is 0 Å². The van der Waals surface area contributed by atoms with Crippen LogP contribution >= 0.6 is 27.5 Å². The van der Waals surface area contributed by atoms with Crippen molar-refractivity contribution in [3.05, 3.63) is 0 Å². The molecule has 0 radical (unpaired) electrons. The highest BCUT2D eigenvalue weighted by Crippen LogP contribution is 2.66. The van der Waals surface area contributed by atoms with Gasteiger partial charge in [0.2, 0.25) is 0 Å². The molecule has 2 saturated carbocycles. The van der Waals surface area contributed by atoms with Gasteiger partial charge in [-0.1, -0.05) is 28.8 Å². The summed E-state index contributed by atoms with van der Waals surface area (Å²) in [6, 6.07) is 0. The van der Waals surface area contributed by atoms with Crippen LogP contribution in [0.15, 0.2) is 0 Å². The smallest absolute Gasteiger partial charge is 0.106 e. The molecule has 9 heavy (non-hydrogen) atoms. The molecule has 2 aliphatic carbocycles. The van der Waals surface area contributed by atoms with Crippen molar-refractivity contribution in [2.75, 3.05) is 0 Å². The van der Waals surface area contributed by atoms with E-state index in [2.05, 4.69) is 15.9 Å². The summed E-state index contributed by atoms with van der Waals surface area (Å²) in [4.78, 5) is 0. The molecule has 2 unspecified atom stereocenters. The largest absolute Gasteiger partial charge is 0.106 e. The van der Waals surface area contributed by atoms with E-state index in [1.807, 2.05) is 0 Å². The van der Waals surface area contributed by atoms with Gasteiger partial charge in [-0.05, 0) is 24.7 Å². The third-order valence-electron chi connectivity index (χ3n) is 2.65. The lowest BCUT2D eigenvalue weighted by Gasteiger charge is -2.04. The Hall–Kier alpha value is 0.770. The topological polar surface area (TPSA) is 0 Å². The van der Waals surface area contributed by atoms with E-state index < -0.39 is 0 Å². The maximum absolute atomic E-state index is 6.13. The van der Waals surface area contributed by atoms with Crippen LogP contribution in [0.2, 0.25) is 0 Å². The Bertz CT molecular complexity index is 119. The molecule has 0 aliphatic heterocycles. The number of fused-ring (bicyclic) bond motifs is 1. The van der Waals surface area contributed by atoms with Crippen LogP contribution in [-0.4, -0.2) is 3.78 Å². The first-order chi connectivity index (χ1) is 4.23. The van der Waals surface area contributed by atoms with Gasteiger partial charge in [0, 0.05) is 0 Å². The fraction of sp³-hybridized carbons (Fsp3) is 1.00. The number of alkyl halides is 2. The van der Waals surface area contributed by atoms with Gasteiger partial charge in [-0.3, -0.25) is 0 Å². The zero-order valence-corrected chi connectivity index (χ0v) is 7.58. The molecule has 0 aromatic carbocycles. The van der Waals surface area contributed by atoms with Crippen LogP contribution in [-0.2, 0) is 0 Å². The van der Waals surface area contributed by atoms with Crippen molar-refractivity contribution in [1.82, 2.24) is 0 Å². The second-order valence-corrected chi connectivity index (χ2v) is 5.57. The van der Waals surface area contributed by atoms with Gasteiger partial charge in [-0.15, -0.1) is 11.6 Å². The second kappa shape index (κ2) is 1.88. The quantitative estimate of drug-likeness (QED) is 0.538. The summed E-state index contributed by atoms with van der Waals surface area (Å²) in [5.41, 5.74) is 0. The summed E-state index contributed by atoms with van der Waals surface area (Å²) in [5, 5.41) is 0. The van der Waals surface area contributed by atoms with Crippen molar-refractivity contribution in [3.63, 3.8) is 0 Å². The van der Waals surface area contributed by atoms with Crippen molar-refractivity contribution in [2.45, 2.75) is 29.5 Å². The monoisotopic (exact) mass is 208 g/mol. The highest BCUT2D eigenvalue weighted by Gasteiger charge is 2.62. The van der Waals surface area contributed by atoms with E-state index in [9.17, 15) is 0 Å². The van der Waals surface area contributed by atoms with Gasteiger partial charge in [-0.2, -0.15) is 0 Å². The Kier molecular flexibility index (Phi) is 1.36. The SMILES string of the molecule is ClC1(Br)C2CCCCC21. The van der Waals surface area contributed by atoms with Gasteiger partial charge in [0.1, 0.15) is 3.78 Å². The zero-order chi connectivity index (χ0) is 6.48. The Balaban J connectivity index is 2.06. The zero-order valence-electron chi connectivity index (χ0n) is 5.24. The molecular weight excluding hydrogens is 199 g/mol. The van der Waals surface area contributed by atoms with Gasteiger partial charge in [-0.25, -0.2) is 0 Å². The molecule has 2 rings (SSSR count). The van der Waals surface area contributed by atoms with E-state index in [1.54, 1.807) is 0 Å². The second-order valence-electron chi connectivity index (χ2n) is 3.17. The van der Waals surface area contributed by atoms with Crippen molar-refractivity contribution in [3.8, 4) is 0 Å². The predicted molar refractivity (Wildman–Crippen MR) is 43.0 cm³/mol. The Morgan fingerprint density at radius 1 is 1.22 bits per heavy atom. The van der Waals surface area contributed by atoms with E-state index in [4.69, 9.17) is 11.6 Å². The van der Waals surface area contributed by atoms with Crippen LogP contribution in [0.1, 0.15) is 25.7 Å². The normalized spacial score (nSPS) is 56.7. The van der Waals surface area contributed by atoms with Crippen LogP contribution in [0.25, 0.3) is 0 Å². The third-order valence-corrected chi connectivity index (χ3v) is 4.38. The summed E-state index contributed by atoms with van der Waals surface area (Å²) >= 11 is 9.68. The fourth-order valence-electron chi connectivity index (χ4n) is 1.98. The van der Waals surface area contributed by atoms with Crippen LogP contribution in [0.4, 0.5) is 0 Å². The highest BCUT2D eigenvalue weighted by molar-refractivity contribution is 9.10. The molecule has 0 spiro atoms. The minimum absolute atomic E-state index is 0.0313. The molecule has 0 N–H and O–H groups in total. The molecule has 2 atom stereocenters. The number of hydrogen-bond donors (Lipinski definition) is 0. The molecule has 2 fully saturated rings. The highest BCUT2D eigenvalue weighted by atomic mass is 79.9. The molecule has 0 heterocycles. The number of halogens is 2. The van der Waals surface area contributed by atoms with E-state index in [1.165, 1.54) is 25.7 Å². The maximum atomic E-state index is 6.13. The average molecular weight is 210 g/mol. The van der Waals surface area contributed by atoms with Crippen molar-refractivity contribution >= 4 is 27.5 Å². The standard InChI is InChI=1S/C7H10BrCl/c8-7(9)5-3-1-2-4-6(5)7/h5-6H,1-4H2. The van der Waals surface area contributed by atoms with Gasteiger partial charge < -0.3 is 0 Å². The summed E-state index contributed by atoms with van der Waals surface area (Å²) in [5.74, 6) is 1.60. The first-order valence-electron chi connectivity index (χ1n) is 3.61. The molecular formula is C7H10BrCl. The lowest BCUT2D eigenvalue weighted by atomic mass is 10.0. The van der Waals surface area contributed by atoms with Gasteiger partial charge >= 0.3 is 0 Å². The third kappa shape index (κ3) is 0.848. The predicted octanol–water partition coefficient (Wildman–Crippen LogP) is 3.14. The van der Waals surface area contributed by atoms with Gasteiger partial charge in [0.05, 0.1) is 0 Å². The molecule has 0 amide bonds. The summed E-state index contributed by atoms with van der Waals surface area (Å²) in [6.07, 6.45) is 5.47. The molecule has 0 aromatic heterocycles. The molecule has 52 valence electrons. The van der Waals surface area contributed by atoms with Crippen LogP contribution in [0.5, 0.6) is 0 Å². The lowest BCUT2D eigenvalue weighted by Crippen LogP contribution is -1.91. The fourth-order valence-corrected chi connectivity index (χ4v) is 3.40. The Labute approximate surface area is 69.1 Å². The average Bonchev–Trinajstić information content (AvgIpc) is 2.39. The molecule has 0 aromatic rings. The van der Waals surface area contributed by atoms with Gasteiger partial charge in [0.15, 0.2) is 0 Å². The first-order valence-corrected chi connectivity index (χ1v) is 4.78. The van der Waals surface area contributed by atoms with E-state index in [0.717, 1.165) is 11.8 Å². The molecule has 2 heteroatoms. The molecule has 2 aliphatic rings. The minimum atomic E-state index is 0.0313. The lowest BCUT2D eigenvalue weighted by molar-refractivity contribution is 0.480. The molecule has 0 nitrogen and oxygen atoms in total. The Morgan fingerprint density at radius 2 is 1.67 bits per heavy atom. The summed E-state index contributed by atoms with van der Waals surface area (Å²) in [6.45, 7) is 0. The number of hydrogen-bond acceptors (Lipinski definition) is 0. The Morgan fingerprint density at radius 3 is 2.00 bits per heavy atom. The van der Waals surface area contributed by atoms with Crippen molar-refractivity contribution in [1.29, 1.82) is 0 Å². The van der Waals surface area contributed by atoms with E-state index in [0.29, 0.717) is 0 Å². The van der Waals surface area contributed by atoms with Crippen LogP contribution < -0.4 is 0 Å². The number of rotatable bonds is 0. The van der Waals surface area contributed by atoms with Gasteiger partial charge in [0.25, 0.3) is 0 Å². The maximum Gasteiger partial charge on any atom is 0.106 e. The minimum Gasteiger partial charge on any atom is -0.106 e. The molecule has 0 saturated heterocycles. The van der Waals surface area contributed by atoms with Crippen molar-refractivity contribution < 1.29 is 0 Å².